The summed E-state index contributed by atoms with van der Waals surface area (Å²) in [7, 11) is -4.11. The van der Waals surface area contributed by atoms with Gasteiger partial charge in [-0.05, 0) is 25.0 Å². The van der Waals surface area contributed by atoms with Gasteiger partial charge in [0.25, 0.3) is 12.3 Å². The number of halogens is 2. The van der Waals surface area contributed by atoms with Gasteiger partial charge >= 0.3 is 0 Å². The molecule has 2 fully saturated rings. The van der Waals surface area contributed by atoms with E-state index in [4.69, 9.17) is 9.47 Å². The molecule has 6 rings (SSSR count). The highest BCUT2D eigenvalue weighted by atomic mass is 32.2. The standard InChI is InChI=1S/C23H20F2N8O5S2/c24-18(25)21-29-30-22(39-21)33-15-9-13(40(35,36)31-23(11-26)3-4-23)1-2-14(15)17-19(33)27-12-28-20(17)38-10-16(34)32-5-7-37-8-6-32/h1-2,9,12,18,31H,3-8,10H2. The first-order chi connectivity index (χ1) is 19.2. The van der Waals surface area contributed by atoms with Crippen molar-refractivity contribution in [3.05, 3.63) is 29.5 Å². The van der Waals surface area contributed by atoms with Crippen LogP contribution in [0.4, 0.5) is 8.78 Å². The van der Waals surface area contributed by atoms with Crippen molar-refractivity contribution in [2.75, 3.05) is 32.9 Å². The maximum atomic E-state index is 13.4. The van der Waals surface area contributed by atoms with Gasteiger partial charge in [-0.3, -0.25) is 9.36 Å². The monoisotopic (exact) mass is 590 g/mol. The number of benzene rings is 1. The topological polar surface area (TPSA) is 165 Å². The van der Waals surface area contributed by atoms with E-state index in [9.17, 15) is 27.3 Å². The number of nitrogens with zero attached hydrogens (tertiary/aromatic N) is 7. The summed E-state index contributed by atoms with van der Waals surface area (Å²) in [6, 6.07) is 6.17. The number of sulfonamides is 1. The second kappa shape index (κ2) is 9.96. The van der Waals surface area contributed by atoms with E-state index in [1.54, 1.807) is 4.90 Å². The number of hydrogen-bond donors (Lipinski definition) is 1. The summed E-state index contributed by atoms with van der Waals surface area (Å²) in [5.74, 6) is -0.223. The summed E-state index contributed by atoms with van der Waals surface area (Å²) < 4.78 is 67.9. The van der Waals surface area contributed by atoms with E-state index in [1.165, 1.54) is 29.1 Å². The first-order valence-electron chi connectivity index (χ1n) is 12.1. The Morgan fingerprint density at radius 2 is 2.02 bits per heavy atom. The van der Waals surface area contributed by atoms with Gasteiger partial charge < -0.3 is 14.4 Å². The van der Waals surface area contributed by atoms with Crippen molar-refractivity contribution in [2.45, 2.75) is 29.7 Å². The molecule has 40 heavy (non-hydrogen) atoms. The zero-order valence-electron chi connectivity index (χ0n) is 20.6. The fraction of sp³-hybridized carbons (Fsp3) is 0.391. The van der Waals surface area contributed by atoms with E-state index in [0.29, 0.717) is 61.3 Å². The van der Waals surface area contributed by atoms with Crippen molar-refractivity contribution in [1.82, 2.24) is 34.4 Å². The summed E-state index contributed by atoms with van der Waals surface area (Å²) >= 11 is 0.617. The van der Waals surface area contributed by atoms with Gasteiger partial charge in [0.05, 0.1) is 35.1 Å². The Balaban J connectivity index is 1.46. The molecule has 1 aromatic carbocycles. The van der Waals surface area contributed by atoms with Crippen molar-refractivity contribution in [2.24, 2.45) is 0 Å². The summed E-state index contributed by atoms with van der Waals surface area (Å²) in [6.45, 7) is 1.40. The number of rotatable bonds is 8. The van der Waals surface area contributed by atoms with Crippen LogP contribution in [0.1, 0.15) is 24.3 Å². The maximum Gasteiger partial charge on any atom is 0.291 e. The van der Waals surface area contributed by atoms with E-state index in [1.807, 2.05) is 6.07 Å². The number of fused-ring (bicyclic) bond motifs is 3. The number of aromatic nitrogens is 5. The van der Waals surface area contributed by atoms with E-state index in [0.717, 1.165) is 0 Å². The van der Waals surface area contributed by atoms with Crippen LogP contribution >= 0.6 is 11.3 Å². The number of carbonyl (C=O) groups excluding carboxylic acids is 1. The first-order valence-corrected chi connectivity index (χ1v) is 14.4. The normalized spacial score (nSPS) is 16.9. The Morgan fingerprint density at radius 3 is 2.70 bits per heavy atom. The second-order valence-corrected chi connectivity index (χ2v) is 11.9. The highest BCUT2D eigenvalue weighted by Crippen LogP contribution is 2.39. The Bertz CT molecular complexity index is 1770. The van der Waals surface area contributed by atoms with Gasteiger partial charge in [-0.25, -0.2) is 27.2 Å². The number of carbonyl (C=O) groups is 1. The van der Waals surface area contributed by atoms with Crippen molar-refractivity contribution in [3.8, 4) is 17.1 Å². The van der Waals surface area contributed by atoms with Gasteiger partial charge in [0.2, 0.25) is 21.0 Å². The molecule has 1 amide bonds. The minimum atomic E-state index is -4.11. The zero-order chi connectivity index (χ0) is 28.1. The quantitative estimate of drug-likeness (QED) is 0.321. The number of alkyl halides is 2. The van der Waals surface area contributed by atoms with Crippen molar-refractivity contribution >= 4 is 49.2 Å². The molecule has 1 saturated heterocycles. The van der Waals surface area contributed by atoms with Gasteiger partial charge in [0.1, 0.15) is 11.9 Å². The summed E-state index contributed by atoms with van der Waals surface area (Å²) in [4.78, 5) is 22.6. The minimum Gasteiger partial charge on any atom is -0.467 e. The lowest BCUT2D eigenvalue weighted by Gasteiger charge is -2.26. The molecule has 0 radical (unpaired) electrons. The molecule has 1 aliphatic heterocycles. The molecule has 3 aromatic heterocycles. The fourth-order valence-electron chi connectivity index (χ4n) is 4.38. The van der Waals surface area contributed by atoms with Crippen LogP contribution in [0.25, 0.3) is 27.1 Å². The number of ether oxygens (including phenoxy) is 2. The Morgan fingerprint density at radius 1 is 1.25 bits per heavy atom. The third-order valence-electron chi connectivity index (χ3n) is 6.59. The Kier molecular flexibility index (Phi) is 6.57. The van der Waals surface area contributed by atoms with Crippen LogP contribution in [0.15, 0.2) is 29.4 Å². The molecule has 0 spiro atoms. The van der Waals surface area contributed by atoms with Crippen LogP contribution in [-0.2, 0) is 19.6 Å². The molecule has 13 nitrogen and oxygen atoms in total. The molecular weight excluding hydrogens is 570 g/mol. The van der Waals surface area contributed by atoms with E-state index < -0.39 is 27.0 Å². The average molecular weight is 591 g/mol. The molecule has 4 heterocycles. The number of nitriles is 1. The molecule has 17 heteroatoms. The number of hydrogen-bond acceptors (Lipinski definition) is 11. The highest BCUT2D eigenvalue weighted by molar-refractivity contribution is 7.89. The van der Waals surface area contributed by atoms with Gasteiger partial charge in [0, 0.05) is 18.5 Å². The first kappa shape index (κ1) is 26.4. The Hall–Kier alpha value is -3.85. The molecule has 4 aromatic rings. The van der Waals surface area contributed by atoms with Crippen molar-refractivity contribution in [1.29, 1.82) is 5.26 Å². The second-order valence-electron chi connectivity index (χ2n) is 9.20. The molecule has 1 saturated carbocycles. The molecular formula is C23H20F2N8O5S2. The SMILES string of the molecule is N#CC1(NS(=O)(=O)c2ccc3c4c(OCC(=O)N5CCOCC5)ncnc4n(-c4nnc(C(F)F)s4)c3c2)CC1. The van der Waals surface area contributed by atoms with E-state index >= 15 is 0 Å². The van der Waals surface area contributed by atoms with Crippen LogP contribution < -0.4 is 9.46 Å². The van der Waals surface area contributed by atoms with Crippen LogP contribution in [0.2, 0.25) is 0 Å². The molecule has 0 unspecified atom stereocenters. The lowest BCUT2D eigenvalue weighted by atomic mass is 10.2. The molecule has 0 atom stereocenters. The van der Waals surface area contributed by atoms with Crippen LogP contribution in [0.5, 0.6) is 5.88 Å². The maximum absolute atomic E-state index is 13.4. The lowest BCUT2D eigenvalue weighted by molar-refractivity contribution is -0.137. The zero-order valence-corrected chi connectivity index (χ0v) is 22.2. The molecule has 1 N–H and O–H groups in total. The number of morpholine rings is 1. The third-order valence-corrected chi connectivity index (χ3v) is 9.04. The molecule has 208 valence electrons. The van der Waals surface area contributed by atoms with Gasteiger partial charge in [0.15, 0.2) is 17.3 Å². The predicted molar refractivity (Wildman–Crippen MR) is 136 cm³/mol. The van der Waals surface area contributed by atoms with Gasteiger partial charge in [-0.1, -0.05) is 17.4 Å². The summed E-state index contributed by atoms with van der Waals surface area (Å²) in [6.07, 6.45) is -0.887. The number of nitrogens with one attached hydrogen (secondary N) is 1. The van der Waals surface area contributed by atoms with E-state index in [-0.39, 0.29) is 39.6 Å². The van der Waals surface area contributed by atoms with Crippen LogP contribution in [-0.4, -0.2) is 82.4 Å². The van der Waals surface area contributed by atoms with Crippen LogP contribution in [0, 0.1) is 11.3 Å². The minimum absolute atomic E-state index is 0.0162. The average Bonchev–Trinajstić information content (AvgIpc) is 3.39. The highest BCUT2D eigenvalue weighted by Gasteiger charge is 2.46. The van der Waals surface area contributed by atoms with Gasteiger partial charge in [-0.2, -0.15) is 9.98 Å². The molecule has 1 aliphatic carbocycles. The predicted octanol–water partition coefficient (Wildman–Crippen LogP) is 1.93. The smallest absolute Gasteiger partial charge is 0.291 e. The van der Waals surface area contributed by atoms with Gasteiger partial charge in [-0.15, -0.1) is 10.2 Å². The molecule has 0 bridgehead atoms. The molecule has 2 aliphatic rings. The summed E-state index contributed by atoms with van der Waals surface area (Å²) in [5.41, 5.74) is -0.707. The Labute approximate surface area is 229 Å². The lowest BCUT2D eigenvalue weighted by Crippen LogP contribution is -2.43. The van der Waals surface area contributed by atoms with Crippen molar-refractivity contribution < 1.29 is 31.5 Å². The van der Waals surface area contributed by atoms with E-state index in [2.05, 4.69) is 24.9 Å². The third kappa shape index (κ3) is 4.72. The summed E-state index contributed by atoms with van der Waals surface area (Å²) in [5, 5.41) is 17.0. The fourth-order valence-corrected chi connectivity index (χ4v) is 6.49. The largest absolute Gasteiger partial charge is 0.467 e. The number of amides is 1. The van der Waals surface area contributed by atoms with Crippen LogP contribution in [0.3, 0.4) is 0 Å². The van der Waals surface area contributed by atoms with Crippen molar-refractivity contribution in [3.63, 3.8) is 0 Å².